The highest BCUT2D eigenvalue weighted by Gasteiger charge is 2.15. The summed E-state index contributed by atoms with van der Waals surface area (Å²) in [6, 6.07) is 1.38. The van der Waals surface area contributed by atoms with Gasteiger partial charge in [0.15, 0.2) is 0 Å². The number of aryl methyl sites for hydroxylation is 2. The molecule has 0 aliphatic heterocycles. The van der Waals surface area contributed by atoms with Gasteiger partial charge in [0.25, 0.3) is 5.91 Å². The van der Waals surface area contributed by atoms with E-state index in [4.69, 9.17) is 4.42 Å². The summed E-state index contributed by atoms with van der Waals surface area (Å²) in [5.41, 5.74) is 0.663. The van der Waals surface area contributed by atoms with E-state index >= 15 is 0 Å². The van der Waals surface area contributed by atoms with E-state index in [0.717, 1.165) is 0 Å². The van der Waals surface area contributed by atoms with E-state index in [2.05, 4.69) is 5.32 Å². The number of carbonyl (C=O) groups excluding carboxylic acids is 1. The van der Waals surface area contributed by atoms with Crippen molar-refractivity contribution in [3.63, 3.8) is 0 Å². The molecule has 1 N–H and O–H groups in total. The first-order valence-corrected chi connectivity index (χ1v) is 4.84. The third-order valence-electron chi connectivity index (χ3n) is 1.98. The molecule has 82 valence electrons. The van der Waals surface area contributed by atoms with Crippen molar-refractivity contribution in [2.24, 2.45) is 0 Å². The Bertz CT molecular complexity index is 406. The third-order valence-corrected chi connectivity index (χ3v) is 1.98. The lowest BCUT2D eigenvalue weighted by Gasteiger charge is -2.11. The van der Waals surface area contributed by atoms with Crippen molar-refractivity contribution in [2.45, 2.75) is 33.7 Å². The molecule has 1 heterocycles. The predicted molar refractivity (Wildman–Crippen MR) is 57.1 cm³/mol. The summed E-state index contributed by atoms with van der Waals surface area (Å²) in [6.07, 6.45) is 0. The first-order chi connectivity index (χ1) is 6.91. The normalized spacial score (nSPS) is 10.5. The lowest BCUT2D eigenvalue weighted by atomic mass is 10.1. The number of nitrogens with one attached hydrogen (secondary N) is 1. The van der Waals surface area contributed by atoms with Gasteiger partial charge < -0.3 is 9.73 Å². The topological polar surface area (TPSA) is 59.3 Å². The fourth-order valence-electron chi connectivity index (χ4n) is 1.43. The van der Waals surface area contributed by atoms with Gasteiger partial charge in [-0.15, -0.1) is 0 Å². The molecule has 1 aromatic rings. The van der Waals surface area contributed by atoms with Gasteiger partial charge in [0, 0.05) is 12.1 Å². The molecule has 4 heteroatoms. The number of hydrogen-bond acceptors (Lipinski definition) is 3. The van der Waals surface area contributed by atoms with Gasteiger partial charge in [-0.05, 0) is 33.3 Å². The number of hydrogen-bond donors (Lipinski definition) is 1. The smallest absolute Gasteiger partial charge is 0.336 e. The molecule has 1 aromatic heterocycles. The van der Waals surface area contributed by atoms with E-state index in [9.17, 15) is 9.59 Å². The molecule has 0 aromatic carbocycles. The molecule has 0 radical (unpaired) electrons. The van der Waals surface area contributed by atoms with Gasteiger partial charge in [-0.25, -0.2) is 4.79 Å². The van der Waals surface area contributed by atoms with E-state index in [1.807, 2.05) is 13.8 Å². The van der Waals surface area contributed by atoms with Crippen LogP contribution in [0.15, 0.2) is 15.3 Å². The summed E-state index contributed by atoms with van der Waals surface area (Å²) in [4.78, 5) is 22.7. The Balaban J connectivity index is 3.14. The monoisotopic (exact) mass is 209 g/mol. The highest BCUT2D eigenvalue weighted by Crippen LogP contribution is 2.10. The maximum absolute atomic E-state index is 11.7. The van der Waals surface area contributed by atoms with Gasteiger partial charge >= 0.3 is 5.63 Å². The molecule has 1 rings (SSSR count). The summed E-state index contributed by atoms with van der Waals surface area (Å²) < 4.78 is 4.88. The van der Waals surface area contributed by atoms with Gasteiger partial charge in [0.2, 0.25) is 0 Å². The SMILES string of the molecule is Cc1cc(=O)oc(C)c1C(=O)NC(C)C. The Morgan fingerprint density at radius 2 is 2.00 bits per heavy atom. The average molecular weight is 209 g/mol. The molecule has 0 saturated carbocycles. The quantitative estimate of drug-likeness (QED) is 0.800. The molecule has 0 fully saturated rings. The Morgan fingerprint density at radius 3 is 2.47 bits per heavy atom. The molecular formula is C11H15NO3. The molecule has 0 saturated heterocycles. The summed E-state index contributed by atoms with van der Waals surface area (Å²) in [5, 5.41) is 2.76. The van der Waals surface area contributed by atoms with E-state index in [1.165, 1.54) is 6.07 Å². The van der Waals surface area contributed by atoms with Crippen molar-refractivity contribution in [1.29, 1.82) is 0 Å². The van der Waals surface area contributed by atoms with Crippen LogP contribution in [0.2, 0.25) is 0 Å². The molecule has 0 atom stereocenters. The lowest BCUT2D eigenvalue weighted by Crippen LogP contribution is -2.31. The zero-order valence-corrected chi connectivity index (χ0v) is 9.38. The molecule has 0 bridgehead atoms. The Kier molecular flexibility index (Phi) is 3.29. The van der Waals surface area contributed by atoms with Crippen LogP contribution in [-0.4, -0.2) is 11.9 Å². The molecule has 0 spiro atoms. The van der Waals surface area contributed by atoms with Crippen LogP contribution in [0.5, 0.6) is 0 Å². The van der Waals surface area contributed by atoms with Crippen molar-refractivity contribution in [2.75, 3.05) is 0 Å². The zero-order chi connectivity index (χ0) is 11.6. The number of carbonyl (C=O) groups is 1. The first-order valence-electron chi connectivity index (χ1n) is 4.84. The minimum absolute atomic E-state index is 0.0585. The van der Waals surface area contributed by atoms with Gasteiger partial charge in [0.1, 0.15) is 5.76 Å². The zero-order valence-electron chi connectivity index (χ0n) is 9.38. The van der Waals surface area contributed by atoms with Gasteiger partial charge in [-0.3, -0.25) is 4.79 Å². The van der Waals surface area contributed by atoms with Crippen LogP contribution < -0.4 is 10.9 Å². The molecule has 15 heavy (non-hydrogen) atoms. The Labute approximate surface area is 88.3 Å². The first kappa shape index (κ1) is 11.5. The van der Waals surface area contributed by atoms with Crippen LogP contribution in [0.3, 0.4) is 0 Å². The van der Waals surface area contributed by atoms with Crippen LogP contribution in [-0.2, 0) is 0 Å². The van der Waals surface area contributed by atoms with E-state index in [-0.39, 0.29) is 11.9 Å². The highest BCUT2D eigenvalue weighted by molar-refractivity contribution is 5.96. The largest absolute Gasteiger partial charge is 0.427 e. The summed E-state index contributed by atoms with van der Waals surface area (Å²) >= 11 is 0. The summed E-state index contributed by atoms with van der Waals surface area (Å²) in [7, 11) is 0. The van der Waals surface area contributed by atoms with Crippen molar-refractivity contribution in [1.82, 2.24) is 5.32 Å². The standard InChI is InChI=1S/C11H15NO3/c1-6(2)12-11(14)10-7(3)5-9(13)15-8(10)4/h5-6H,1-4H3,(H,12,14). The lowest BCUT2D eigenvalue weighted by molar-refractivity contribution is 0.0939. The highest BCUT2D eigenvalue weighted by atomic mass is 16.4. The van der Waals surface area contributed by atoms with Crippen molar-refractivity contribution in [3.8, 4) is 0 Å². The minimum Gasteiger partial charge on any atom is -0.427 e. The van der Waals surface area contributed by atoms with Crippen LogP contribution in [0.4, 0.5) is 0 Å². The number of amides is 1. The van der Waals surface area contributed by atoms with E-state index in [0.29, 0.717) is 16.9 Å². The van der Waals surface area contributed by atoms with Gasteiger partial charge in [-0.1, -0.05) is 0 Å². The van der Waals surface area contributed by atoms with E-state index < -0.39 is 5.63 Å². The molecule has 0 aliphatic rings. The van der Waals surface area contributed by atoms with Crippen molar-refractivity contribution >= 4 is 5.91 Å². The second-order valence-electron chi connectivity index (χ2n) is 3.81. The summed E-state index contributed by atoms with van der Waals surface area (Å²) in [5.74, 6) is 0.155. The van der Waals surface area contributed by atoms with Crippen molar-refractivity contribution < 1.29 is 9.21 Å². The average Bonchev–Trinajstić information content (AvgIpc) is 1.99. The van der Waals surface area contributed by atoms with Crippen LogP contribution in [0.1, 0.15) is 35.5 Å². The van der Waals surface area contributed by atoms with Crippen LogP contribution in [0.25, 0.3) is 0 Å². The number of rotatable bonds is 2. The third kappa shape index (κ3) is 2.68. The Morgan fingerprint density at radius 1 is 1.40 bits per heavy atom. The fraction of sp³-hybridized carbons (Fsp3) is 0.455. The van der Waals surface area contributed by atoms with Crippen molar-refractivity contribution in [3.05, 3.63) is 33.4 Å². The molecule has 0 unspecified atom stereocenters. The molecule has 0 aliphatic carbocycles. The predicted octanol–water partition coefficient (Wildman–Crippen LogP) is 1.39. The fourth-order valence-corrected chi connectivity index (χ4v) is 1.43. The maximum Gasteiger partial charge on any atom is 0.336 e. The summed E-state index contributed by atoms with van der Waals surface area (Å²) in [6.45, 7) is 7.09. The van der Waals surface area contributed by atoms with E-state index in [1.54, 1.807) is 13.8 Å². The second kappa shape index (κ2) is 4.29. The Hall–Kier alpha value is -1.58. The minimum atomic E-state index is -0.425. The van der Waals surface area contributed by atoms with Gasteiger partial charge in [-0.2, -0.15) is 0 Å². The van der Waals surface area contributed by atoms with Gasteiger partial charge in [0.05, 0.1) is 5.56 Å². The second-order valence-corrected chi connectivity index (χ2v) is 3.81. The van der Waals surface area contributed by atoms with Crippen LogP contribution in [0, 0.1) is 13.8 Å². The van der Waals surface area contributed by atoms with Crippen LogP contribution >= 0.6 is 0 Å². The molecular weight excluding hydrogens is 194 g/mol. The maximum atomic E-state index is 11.7. The molecule has 1 amide bonds. The molecule has 4 nitrogen and oxygen atoms in total.